The largest absolute Gasteiger partial charge is 0.454 e. The Hall–Kier alpha value is -0.960. The van der Waals surface area contributed by atoms with Gasteiger partial charge in [-0.15, -0.1) is 0 Å². The summed E-state index contributed by atoms with van der Waals surface area (Å²) >= 11 is 17.7. The molecule has 5 heteroatoms. The Morgan fingerprint density at radius 1 is 1.12 bits per heavy atom. The van der Waals surface area contributed by atoms with Gasteiger partial charge in [-0.2, -0.15) is 0 Å². The van der Waals surface area contributed by atoms with Crippen LogP contribution in [0.3, 0.4) is 0 Å². The second kappa shape index (κ2) is 5.13. The van der Waals surface area contributed by atoms with Crippen LogP contribution in [-0.4, -0.2) is 4.98 Å². The molecule has 2 aromatic rings. The van der Waals surface area contributed by atoms with Crippen molar-refractivity contribution in [2.45, 2.75) is 6.92 Å². The molecule has 1 aromatic carbocycles. The lowest BCUT2D eigenvalue weighted by Crippen LogP contribution is -1.88. The molecule has 0 saturated heterocycles. The molecule has 0 atom stereocenters. The summed E-state index contributed by atoms with van der Waals surface area (Å²) in [6.07, 6.45) is 1.53. The minimum atomic E-state index is 0.453. The summed E-state index contributed by atoms with van der Waals surface area (Å²) in [7, 11) is 0. The summed E-state index contributed by atoms with van der Waals surface area (Å²) in [5.74, 6) is 1.05. The number of ether oxygens (including phenoxy) is 1. The molecule has 2 nitrogen and oxygen atoms in total. The van der Waals surface area contributed by atoms with Crippen LogP contribution in [0.1, 0.15) is 5.56 Å². The van der Waals surface area contributed by atoms with Gasteiger partial charge in [-0.1, -0.05) is 34.8 Å². The van der Waals surface area contributed by atoms with E-state index in [4.69, 9.17) is 39.5 Å². The summed E-state index contributed by atoms with van der Waals surface area (Å²) in [6, 6.07) is 6.80. The van der Waals surface area contributed by atoms with Crippen LogP contribution >= 0.6 is 34.8 Å². The SMILES string of the molecule is Cc1cc(Oc2cc(Cl)ccc2Cl)cnc1Cl. The maximum Gasteiger partial charge on any atom is 0.147 e. The van der Waals surface area contributed by atoms with Gasteiger partial charge >= 0.3 is 0 Å². The second-order valence-electron chi connectivity index (χ2n) is 3.46. The maximum atomic E-state index is 5.99. The predicted octanol–water partition coefficient (Wildman–Crippen LogP) is 5.14. The second-order valence-corrected chi connectivity index (χ2v) is 4.66. The van der Waals surface area contributed by atoms with Gasteiger partial charge in [0, 0.05) is 11.1 Å². The lowest BCUT2D eigenvalue weighted by molar-refractivity contribution is 0.480. The Balaban J connectivity index is 2.31. The highest BCUT2D eigenvalue weighted by Gasteiger charge is 2.06. The van der Waals surface area contributed by atoms with Crippen LogP contribution in [0.15, 0.2) is 30.5 Å². The molecule has 0 unspecified atom stereocenters. The lowest BCUT2D eigenvalue weighted by Gasteiger charge is -2.08. The fourth-order valence-corrected chi connectivity index (χ4v) is 1.69. The van der Waals surface area contributed by atoms with Crippen molar-refractivity contribution in [3.63, 3.8) is 0 Å². The zero-order valence-electron chi connectivity index (χ0n) is 8.88. The van der Waals surface area contributed by atoms with Gasteiger partial charge in [0.1, 0.15) is 16.7 Å². The van der Waals surface area contributed by atoms with Gasteiger partial charge < -0.3 is 4.74 Å². The van der Waals surface area contributed by atoms with Crippen molar-refractivity contribution in [3.8, 4) is 11.5 Å². The van der Waals surface area contributed by atoms with E-state index in [1.165, 1.54) is 6.20 Å². The van der Waals surface area contributed by atoms with Crippen LogP contribution in [0, 0.1) is 6.92 Å². The topological polar surface area (TPSA) is 22.1 Å². The van der Waals surface area contributed by atoms with E-state index in [2.05, 4.69) is 4.98 Å². The average molecular weight is 289 g/mol. The van der Waals surface area contributed by atoms with E-state index in [1.807, 2.05) is 6.92 Å². The van der Waals surface area contributed by atoms with Crippen molar-refractivity contribution in [1.29, 1.82) is 0 Å². The van der Waals surface area contributed by atoms with Gasteiger partial charge in [-0.3, -0.25) is 0 Å². The first kappa shape index (κ1) is 12.5. The molecule has 1 aromatic heterocycles. The number of aromatic nitrogens is 1. The molecule has 0 aliphatic rings. The van der Waals surface area contributed by atoms with Crippen molar-refractivity contribution in [2.75, 3.05) is 0 Å². The minimum Gasteiger partial charge on any atom is -0.454 e. The van der Waals surface area contributed by atoms with Gasteiger partial charge in [0.2, 0.25) is 0 Å². The average Bonchev–Trinajstić information content (AvgIpc) is 2.29. The number of halogens is 3. The summed E-state index contributed by atoms with van der Waals surface area (Å²) in [5, 5.41) is 1.50. The highest BCUT2D eigenvalue weighted by atomic mass is 35.5. The Kier molecular flexibility index (Phi) is 3.77. The number of pyridine rings is 1. The van der Waals surface area contributed by atoms with Crippen molar-refractivity contribution in [3.05, 3.63) is 51.2 Å². The molecule has 0 aliphatic carbocycles. The predicted molar refractivity (Wildman–Crippen MR) is 70.5 cm³/mol. The quantitative estimate of drug-likeness (QED) is 0.714. The number of nitrogens with zero attached hydrogens (tertiary/aromatic N) is 1. The molecular formula is C12H8Cl3NO. The molecule has 0 bridgehead atoms. The van der Waals surface area contributed by atoms with Crippen LogP contribution in [0.5, 0.6) is 11.5 Å². The molecular weight excluding hydrogens is 280 g/mol. The minimum absolute atomic E-state index is 0.453. The molecule has 2 rings (SSSR count). The molecule has 0 fully saturated rings. The van der Waals surface area contributed by atoms with E-state index in [1.54, 1.807) is 24.3 Å². The fourth-order valence-electron chi connectivity index (χ4n) is 1.27. The van der Waals surface area contributed by atoms with Gasteiger partial charge in [0.05, 0.1) is 11.2 Å². The zero-order chi connectivity index (χ0) is 12.4. The first-order valence-corrected chi connectivity index (χ1v) is 5.94. The summed E-state index contributed by atoms with van der Waals surface area (Å²) in [5.41, 5.74) is 0.835. The Bertz CT molecular complexity index is 557. The van der Waals surface area contributed by atoms with E-state index < -0.39 is 0 Å². The number of hydrogen-bond acceptors (Lipinski definition) is 2. The zero-order valence-corrected chi connectivity index (χ0v) is 11.1. The van der Waals surface area contributed by atoms with Crippen molar-refractivity contribution < 1.29 is 4.74 Å². The van der Waals surface area contributed by atoms with E-state index in [0.29, 0.717) is 26.7 Å². The van der Waals surface area contributed by atoms with Crippen LogP contribution in [0.2, 0.25) is 15.2 Å². The Labute approximate surface area is 114 Å². The molecule has 0 spiro atoms. The van der Waals surface area contributed by atoms with Gasteiger partial charge in [-0.05, 0) is 30.7 Å². The third kappa shape index (κ3) is 3.03. The van der Waals surface area contributed by atoms with Crippen LogP contribution in [-0.2, 0) is 0 Å². The van der Waals surface area contributed by atoms with Gasteiger partial charge in [0.25, 0.3) is 0 Å². The van der Waals surface area contributed by atoms with Crippen molar-refractivity contribution in [1.82, 2.24) is 4.98 Å². The van der Waals surface area contributed by atoms with E-state index in [9.17, 15) is 0 Å². The lowest BCUT2D eigenvalue weighted by atomic mass is 10.3. The normalized spacial score (nSPS) is 10.4. The van der Waals surface area contributed by atoms with Crippen LogP contribution < -0.4 is 4.74 Å². The standard InChI is InChI=1S/C12H8Cl3NO/c1-7-4-9(6-16-12(7)15)17-11-5-8(13)2-3-10(11)14/h2-6H,1H3. The molecule has 0 N–H and O–H groups in total. The summed E-state index contributed by atoms with van der Waals surface area (Å²) < 4.78 is 5.59. The van der Waals surface area contributed by atoms with Gasteiger partial charge in [0.15, 0.2) is 0 Å². The van der Waals surface area contributed by atoms with E-state index in [-0.39, 0.29) is 0 Å². The third-order valence-corrected chi connectivity index (χ3v) is 3.05. The third-order valence-electron chi connectivity index (χ3n) is 2.11. The van der Waals surface area contributed by atoms with Crippen LogP contribution in [0.25, 0.3) is 0 Å². The van der Waals surface area contributed by atoms with Crippen molar-refractivity contribution in [2.24, 2.45) is 0 Å². The summed E-state index contributed by atoms with van der Waals surface area (Å²) in [4.78, 5) is 3.99. The monoisotopic (exact) mass is 287 g/mol. The first-order valence-electron chi connectivity index (χ1n) is 4.81. The highest BCUT2D eigenvalue weighted by Crippen LogP contribution is 2.32. The molecule has 88 valence electrons. The Morgan fingerprint density at radius 3 is 2.59 bits per heavy atom. The van der Waals surface area contributed by atoms with Gasteiger partial charge in [-0.25, -0.2) is 4.98 Å². The van der Waals surface area contributed by atoms with E-state index >= 15 is 0 Å². The van der Waals surface area contributed by atoms with E-state index in [0.717, 1.165) is 5.56 Å². The summed E-state index contributed by atoms with van der Waals surface area (Å²) in [6.45, 7) is 1.85. The number of rotatable bonds is 2. The van der Waals surface area contributed by atoms with Crippen molar-refractivity contribution >= 4 is 34.8 Å². The number of aryl methyl sites for hydroxylation is 1. The molecule has 0 radical (unpaired) electrons. The number of benzene rings is 1. The molecule has 1 heterocycles. The first-order chi connectivity index (χ1) is 8.06. The fraction of sp³-hybridized carbons (Fsp3) is 0.0833. The molecule has 0 amide bonds. The highest BCUT2D eigenvalue weighted by molar-refractivity contribution is 6.34. The molecule has 0 aliphatic heterocycles. The molecule has 0 saturated carbocycles. The smallest absolute Gasteiger partial charge is 0.147 e. The van der Waals surface area contributed by atoms with Crippen LogP contribution in [0.4, 0.5) is 0 Å². The number of hydrogen-bond donors (Lipinski definition) is 0. The Morgan fingerprint density at radius 2 is 1.88 bits per heavy atom. The maximum absolute atomic E-state index is 5.99. The molecule has 17 heavy (non-hydrogen) atoms.